The highest BCUT2D eigenvalue weighted by Crippen LogP contribution is 2.18. The van der Waals surface area contributed by atoms with Gasteiger partial charge in [-0.15, -0.1) is 0 Å². The fourth-order valence-electron chi connectivity index (χ4n) is 0.988. The van der Waals surface area contributed by atoms with E-state index in [0.717, 1.165) is 5.56 Å². The Morgan fingerprint density at radius 3 is 2.46 bits per heavy atom. The van der Waals surface area contributed by atoms with E-state index in [0.29, 0.717) is 0 Å². The summed E-state index contributed by atoms with van der Waals surface area (Å²) in [5.41, 5.74) is 5.64. The zero-order valence-electron chi connectivity index (χ0n) is 7.23. The Labute approximate surface area is 75.9 Å². The summed E-state index contributed by atoms with van der Waals surface area (Å²) in [5, 5.41) is 8.99. The number of hydrogen-bond donors (Lipinski definition) is 2. The second kappa shape index (κ2) is 3.80. The van der Waals surface area contributed by atoms with E-state index in [1.807, 2.05) is 0 Å². The first-order valence-electron chi connectivity index (χ1n) is 3.84. The van der Waals surface area contributed by atoms with E-state index in [1.165, 1.54) is 12.1 Å². The average molecular weight is 181 g/mol. The molecule has 0 fully saturated rings. The molecule has 4 nitrogen and oxygen atoms in total. The second-order valence-electron chi connectivity index (χ2n) is 2.67. The Hall–Kier alpha value is -1.71. The summed E-state index contributed by atoms with van der Waals surface area (Å²) < 4.78 is 4.73. The number of carbonyl (C=O) groups is 1. The Kier molecular flexibility index (Phi) is 2.74. The molecule has 0 saturated carbocycles. The minimum Gasteiger partial charge on any atom is -0.508 e. The van der Waals surface area contributed by atoms with Gasteiger partial charge in [-0.1, -0.05) is 12.1 Å². The molecule has 0 aliphatic heterocycles. The van der Waals surface area contributed by atoms with Crippen molar-refractivity contribution in [3.8, 4) is 5.75 Å². The lowest BCUT2D eigenvalue weighted by Gasteiger charge is -2.11. The van der Waals surface area contributed by atoms with Crippen LogP contribution < -0.4 is 5.73 Å². The first-order valence-corrected chi connectivity index (χ1v) is 3.84. The Bertz CT molecular complexity index is 294. The first-order chi connectivity index (χ1) is 6.09. The molecule has 70 valence electrons. The van der Waals surface area contributed by atoms with Crippen molar-refractivity contribution in [2.45, 2.75) is 13.0 Å². The summed E-state index contributed by atoms with van der Waals surface area (Å²) in [4.78, 5) is 10.4. The number of benzene rings is 1. The van der Waals surface area contributed by atoms with Gasteiger partial charge in [-0.2, -0.15) is 0 Å². The van der Waals surface area contributed by atoms with Crippen molar-refractivity contribution in [3.05, 3.63) is 29.8 Å². The molecule has 4 heteroatoms. The lowest BCUT2D eigenvalue weighted by atomic mass is 10.1. The van der Waals surface area contributed by atoms with Crippen LogP contribution in [-0.2, 0) is 4.74 Å². The lowest BCUT2D eigenvalue weighted by molar-refractivity contribution is 0.116. The van der Waals surface area contributed by atoms with Crippen LogP contribution in [0.1, 0.15) is 18.6 Å². The van der Waals surface area contributed by atoms with Gasteiger partial charge in [0, 0.05) is 0 Å². The molecule has 0 aromatic heterocycles. The van der Waals surface area contributed by atoms with Crippen molar-refractivity contribution in [1.82, 2.24) is 0 Å². The number of phenolic OH excluding ortho intramolecular Hbond substituents is 1. The zero-order valence-corrected chi connectivity index (χ0v) is 7.23. The number of carbonyl (C=O) groups excluding carboxylic acids is 1. The van der Waals surface area contributed by atoms with Gasteiger partial charge in [-0.3, -0.25) is 0 Å². The summed E-state index contributed by atoms with van der Waals surface area (Å²) >= 11 is 0. The fourth-order valence-corrected chi connectivity index (χ4v) is 0.988. The minimum atomic E-state index is -0.805. The van der Waals surface area contributed by atoms with Gasteiger partial charge in [0.15, 0.2) is 0 Å². The topological polar surface area (TPSA) is 72.5 Å². The van der Waals surface area contributed by atoms with Crippen LogP contribution in [0.15, 0.2) is 24.3 Å². The van der Waals surface area contributed by atoms with Crippen LogP contribution in [0.4, 0.5) is 4.79 Å². The van der Waals surface area contributed by atoms with Gasteiger partial charge in [0.2, 0.25) is 0 Å². The van der Waals surface area contributed by atoms with E-state index >= 15 is 0 Å². The van der Waals surface area contributed by atoms with Crippen LogP contribution in [0.25, 0.3) is 0 Å². The van der Waals surface area contributed by atoms with E-state index in [1.54, 1.807) is 19.1 Å². The van der Waals surface area contributed by atoms with Crippen molar-refractivity contribution < 1.29 is 14.6 Å². The molecule has 0 heterocycles. The minimum absolute atomic E-state index is 0.176. The Morgan fingerprint density at radius 1 is 1.46 bits per heavy atom. The summed E-state index contributed by atoms with van der Waals surface area (Å²) in [6, 6.07) is 6.39. The number of ether oxygens (including phenoxy) is 1. The van der Waals surface area contributed by atoms with E-state index in [-0.39, 0.29) is 5.75 Å². The maximum atomic E-state index is 10.4. The van der Waals surface area contributed by atoms with Gasteiger partial charge < -0.3 is 15.6 Å². The van der Waals surface area contributed by atoms with Gasteiger partial charge >= 0.3 is 6.09 Å². The van der Waals surface area contributed by atoms with Gasteiger partial charge in [0.1, 0.15) is 11.9 Å². The molecule has 1 rings (SSSR count). The van der Waals surface area contributed by atoms with Crippen LogP contribution >= 0.6 is 0 Å². The second-order valence-corrected chi connectivity index (χ2v) is 2.67. The lowest BCUT2D eigenvalue weighted by Crippen LogP contribution is -2.15. The maximum Gasteiger partial charge on any atom is 0.405 e. The van der Waals surface area contributed by atoms with Gasteiger partial charge in [0.05, 0.1) is 0 Å². The molecule has 13 heavy (non-hydrogen) atoms. The molecule has 0 bridgehead atoms. The summed E-state index contributed by atoms with van der Waals surface area (Å²) in [7, 11) is 0. The number of nitrogens with two attached hydrogens (primary N) is 1. The van der Waals surface area contributed by atoms with Crippen LogP contribution in [-0.4, -0.2) is 11.2 Å². The molecule has 1 atom stereocenters. The highest BCUT2D eigenvalue weighted by molar-refractivity contribution is 5.65. The Balaban J connectivity index is 2.71. The Morgan fingerprint density at radius 2 is 2.00 bits per heavy atom. The van der Waals surface area contributed by atoms with E-state index in [9.17, 15) is 4.79 Å². The van der Waals surface area contributed by atoms with Crippen molar-refractivity contribution in [2.75, 3.05) is 0 Å². The first kappa shape index (κ1) is 9.38. The summed E-state index contributed by atoms with van der Waals surface area (Å²) in [5.74, 6) is 0.176. The highest BCUT2D eigenvalue weighted by Gasteiger charge is 2.07. The number of primary amides is 1. The molecular weight excluding hydrogens is 170 g/mol. The molecule has 1 aromatic carbocycles. The predicted molar refractivity (Wildman–Crippen MR) is 47.2 cm³/mol. The maximum absolute atomic E-state index is 10.4. The van der Waals surface area contributed by atoms with Crippen molar-refractivity contribution in [2.24, 2.45) is 5.73 Å². The largest absolute Gasteiger partial charge is 0.508 e. The number of aromatic hydroxyl groups is 1. The van der Waals surface area contributed by atoms with Crippen molar-refractivity contribution in [3.63, 3.8) is 0 Å². The molecule has 1 amide bonds. The molecule has 0 unspecified atom stereocenters. The summed E-state index contributed by atoms with van der Waals surface area (Å²) in [6.45, 7) is 1.71. The molecular formula is C9H11NO3. The van der Waals surface area contributed by atoms with Crippen molar-refractivity contribution in [1.29, 1.82) is 0 Å². The molecule has 0 aliphatic rings. The monoisotopic (exact) mass is 181 g/mol. The number of phenols is 1. The van der Waals surface area contributed by atoms with Crippen LogP contribution in [0.3, 0.4) is 0 Å². The fraction of sp³-hybridized carbons (Fsp3) is 0.222. The molecule has 1 aromatic rings. The smallest absolute Gasteiger partial charge is 0.405 e. The van der Waals surface area contributed by atoms with Gasteiger partial charge in [-0.25, -0.2) is 4.79 Å². The normalized spacial score (nSPS) is 12.1. The van der Waals surface area contributed by atoms with E-state index < -0.39 is 12.2 Å². The molecule has 0 spiro atoms. The number of amides is 1. The highest BCUT2D eigenvalue weighted by atomic mass is 16.6. The molecule has 3 N–H and O–H groups in total. The third-order valence-electron chi connectivity index (χ3n) is 1.66. The van der Waals surface area contributed by atoms with Crippen LogP contribution in [0.2, 0.25) is 0 Å². The molecule has 0 aliphatic carbocycles. The summed E-state index contributed by atoms with van der Waals surface area (Å²) in [6.07, 6.45) is -1.20. The number of hydrogen-bond acceptors (Lipinski definition) is 3. The molecule has 0 saturated heterocycles. The quantitative estimate of drug-likeness (QED) is 0.726. The van der Waals surface area contributed by atoms with E-state index in [2.05, 4.69) is 0 Å². The predicted octanol–water partition coefficient (Wildman–Crippen LogP) is 1.55. The van der Waals surface area contributed by atoms with Gasteiger partial charge in [-0.05, 0) is 24.6 Å². The molecule has 0 radical (unpaired) electrons. The van der Waals surface area contributed by atoms with Crippen molar-refractivity contribution >= 4 is 6.09 Å². The van der Waals surface area contributed by atoms with Crippen LogP contribution in [0.5, 0.6) is 5.75 Å². The third-order valence-corrected chi connectivity index (χ3v) is 1.66. The standard InChI is InChI=1S/C9H11NO3/c1-6(13-9(10)12)7-2-4-8(11)5-3-7/h2-6,11H,1H3,(H2,10,12)/t6-/m0/s1. The zero-order chi connectivity index (χ0) is 9.84. The SMILES string of the molecule is C[C@H](OC(N)=O)c1ccc(O)cc1. The van der Waals surface area contributed by atoms with Crippen LogP contribution in [0, 0.1) is 0 Å². The third kappa shape index (κ3) is 2.66. The van der Waals surface area contributed by atoms with E-state index in [4.69, 9.17) is 15.6 Å². The van der Waals surface area contributed by atoms with Gasteiger partial charge in [0.25, 0.3) is 0 Å². The average Bonchev–Trinajstić information content (AvgIpc) is 2.04. The number of rotatable bonds is 2.